The standard InChI is InChI=1S/C18H30S/c1-2-3-4-5-6-7-8-9-13-16-18(19)17-14-11-10-12-15-17/h10-12,14-15,18-19H,2-9,13,16H2,1H3. The van der Waals surface area contributed by atoms with E-state index in [0.717, 1.165) is 0 Å². The van der Waals surface area contributed by atoms with Gasteiger partial charge in [-0.3, -0.25) is 0 Å². The Kier molecular flexibility index (Phi) is 9.98. The number of hydrogen-bond donors (Lipinski definition) is 1. The topological polar surface area (TPSA) is 0 Å². The van der Waals surface area contributed by atoms with Crippen molar-refractivity contribution in [2.24, 2.45) is 0 Å². The minimum atomic E-state index is 0.422. The molecule has 0 heterocycles. The lowest BCUT2D eigenvalue weighted by Crippen LogP contribution is -1.90. The number of unbranched alkanes of at least 4 members (excludes halogenated alkanes) is 8. The van der Waals surface area contributed by atoms with Crippen LogP contribution in [0.4, 0.5) is 0 Å². The van der Waals surface area contributed by atoms with E-state index in [-0.39, 0.29) is 0 Å². The van der Waals surface area contributed by atoms with Gasteiger partial charge in [0.1, 0.15) is 0 Å². The highest BCUT2D eigenvalue weighted by Crippen LogP contribution is 2.25. The SMILES string of the molecule is CCCCCCCCCCCC(S)c1ccccc1. The molecule has 0 saturated carbocycles. The summed E-state index contributed by atoms with van der Waals surface area (Å²) in [6.07, 6.45) is 13.8. The minimum Gasteiger partial charge on any atom is -0.171 e. The summed E-state index contributed by atoms with van der Waals surface area (Å²) in [5.41, 5.74) is 1.37. The molecule has 0 fully saturated rings. The molecule has 1 atom stereocenters. The van der Waals surface area contributed by atoms with Crippen LogP contribution in [0.25, 0.3) is 0 Å². The Morgan fingerprint density at radius 3 is 1.89 bits per heavy atom. The molecule has 1 heteroatoms. The van der Waals surface area contributed by atoms with Gasteiger partial charge in [-0.1, -0.05) is 95.0 Å². The van der Waals surface area contributed by atoms with E-state index in [1.54, 1.807) is 0 Å². The van der Waals surface area contributed by atoms with E-state index in [0.29, 0.717) is 5.25 Å². The summed E-state index contributed by atoms with van der Waals surface area (Å²) in [6, 6.07) is 10.7. The number of hydrogen-bond acceptors (Lipinski definition) is 1. The molecule has 0 amide bonds. The van der Waals surface area contributed by atoms with Gasteiger partial charge in [-0.2, -0.15) is 12.6 Å². The first-order valence-electron chi connectivity index (χ1n) is 8.07. The molecule has 1 unspecified atom stereocenters. The smallest absolute Gasteiger partial charge is 0.0267 e. The van der Waals surface area contributed by atoms with Gasteiger partial charge in [0, 0.05) is 5.25 Å². The average molecular weight is 279 g/mol. The highest BCUT2D eigenvalue weighted by Gasteiger charge is 2.04. The lowest BCUT2D eigenvalue weighted by molar-refractivity contribution is 0.555. The summed E-state index contributed by atoms with van der Waals surface area (Å²) < 4.78 is 0. The number of benzene rings is 1. The van der Waals surface area contributed by atoms with Crippen LogP contribution in [0.5, 0.6) is 0 Å². The predicted octanol–water partition coefficient (Wildman–Crippen LogP) is 6.58. The van der Waals surface area contributed by atoms with E-state index in [9.17, 15) is 0 Å². The van der Waals surface area contributed by atoms with E-state index in [1.807, 2.05) is 0 Å². The Labute approximate surface area is 125 Å². The van der Waals surface area contributed by atoms with Crippen molar-refractivity contribution in [3.63, 3.8) is 0 Å². The van der Waals surface area contributed by atoms with Crippen LogP contribution < -0.4 is 0 Å². The maximum absolute atomic E-state index is 4.70. The lowest BCUT2D eigenvalue weighted by Gasteiger charge is -2.10. The van der Waals surface area contributed by atoms with Crippen molar-refractivity contribution in [2.45, 2.75) is 76.4 Å². The Bertz CT molecular complexity index is 294. The highest BCUT2D eigenvalue weighted by atomic mass is 32.1. The van der Waals surface area contributed by atoms with Crippen LogP contribution in [0.3, 0.4) is 0 Å². The van der Waals surface area contributed by atoms with E-state index >= 15 is 0 Å². The average Bonchev–Trinajstić information content (AvgIpc) is 2.46. The second-order valence-electron chi connectivity index (χ2n) is 5.54. The molecule has 0 aromatic heterocycles. The zero-order valence-corrected chi connectivity index (χ0v) is 13.4. The first kappa shape index (κ1) is 16.6. The summed E-state index contributed by atoms with van der Waals surface area (Å²) in [5.74, 6) is 0. The van der Waals surface area contributed by atoms with Gasteiger partial charge >= 0.3 is 0 Å². The van der Waals surface area contributed by atoms with Crippen LogP contribution in [0.2, 0.25) is 0 Å². The fraction of sp³-hybridized carbons (Fsp3) is 0.667. The summed E-state index contributed by atoms with van der Waals surface area (Å²) >= 11 is 4.70. The second kappa shape index (κ2) is 11.4. The van der Waals surface area contributed by atoms with Gasteiger partial charge < -0.3 is 0 Å². The third-order valence-electron chi connectivity index (χ3n) is 3.77. The maximum atomic E-state index is 4.70. The third kappa shape index (κ3) is 8.36. The molecule has 19 heavy (non-hydrogen) atoms. The first-order valence-corrected chi connectivity index (χ1v) is 8.59. The Hall–Kier alpha value is -0.430. The zero-order valence-electron chi connectivity index (χ0n) is 12.5. The summed E-state index contributed by atoms with van der Waals surface area (Å²) in [4.78, 5) is 0. The van der Waals surface area contributed by atoms with Gasteiger partial charge in [-0.25, -0.2) is 0 Å². The van der Waals surface area contributed by atoms with Crippen molar-refractivity contribution in [3.05, 3.63) is 35.9 Å². The van der Waals surface area contributed by atoms with Gasteiger partial charge in [0.2, 0.25) is 0 Å². The number of thiol groups is 1. The molecule has 0 N–H and O–H groups in total. The third-order valence-corrected chi connectivity index (χ3v) is 4.32. The van der Waals surface area contributed by atoms with Gasteiger partial charge in [0.15, 0.2) is 0 Å². The van der Waals surface area contributed by atoms with Crippen LogP contribution in [0.1, 0.15) is 81.9 Å². The van der Waals surface area contributed by atoms with Crippen LogP contribution in [-0.4, -0.2) is 0 Å². The summed E-state index contributed by atoms with van der Waals surface area (Å²) in [5, 5.41) is 0.422. The normalized spacial score (nSPS) is 12.5. The Balaban J connectivity index is 1.93. The zero-order chi connectivity index (χ0) is 13.8. The largest absolute Gasteiger partial charge is 0.171 e. The van der Waals surface area contributed by atoms with Crippen LogP contribution in [0, 0.1) is 0 Å². The number of rotatable bonds is 11. The van der Waals surface area contributed by atoms with E-state index in [4.69, 9.17) is 12.6 Å². The molecule has 0 nitrogen and oxygen atoms in total. The van der Waals surface area contributed by atoms with Crippen molar-refractivity contribution in [1.29, 1.82) is 0 Å². The quantitative estimate of drug-likeness (QED) is 0.343. The van der Waals surface area contributed by atoms with E-state index < -0.39 is 0 Å². The van der Waals surface area contributed by atoms with Crippen molar-refractivity contribution >= 4 is 12.6 Å². The fourth-order valence-electron chi connectivity index (χ4n) is 2.49. The fourth-order valence-corrected chi connectivity index (χ4v) is 2.84. The van der Waals surface area contributed by atoms with Crippen LogP contribution in [-0.2, 0) is 0 Å². The van der Waals surface area contributed by atoms with E-state index in [1.165, 1.54) is 69.8 Å². The summed E-state index contributed by atoms with van der Waals surface area (Å²) in [6.45, 7) is 2.28. The highest BCUT2D eigenvalue weighted by molar-refractivity contribution is 7.80. The van der Waals surface area contributed by atoms with Gasteiger partial charge in [-0.05, 0) is 12.0 Å². The van der Waals surface area contributed by atoms with Crippen molar-refractivity contribution in [2.75, 3.05) is 0 Å². The molecular weight excluding hydrogens is 248 g/mol. The molecule has 108 valence electrons. The van der Waals surface area contributed by atoms with Crippen molar-refractivity contribution < 1.29 is 0 Å². The molecule has 0 aliphatic rings. The second-order valence-corrected chi connectivity index (χ2v) is 6.17. The van der Waals surface area contributed by atoms with Crippen molar-refractivity contribution in [3.8, 4) is 0 Å². The molecule has 0 radical (unpaired) electrons. The molecule has 1 rings (SSSR count). The maximum Gasteiger partial charge on any atom is 0.0267 e. The van der Waals surface area contributed by atoms with E-state index in [2.05, 4.69) is 37.3 Å². The molecule has 0 bridgehead atoms. The molecular formula is C18H30S. The lowest BCUT2D eigenvalue weighted by atomic mass is 10.0. The van der Waals surface area contributed by atoms with Crippen LogP contribution in [0.15, 0.2) is 30.3 Å². The van der Waals surface area contributed by atoms with Gasteiger partial charge in [0.25, 0.3) is 0 Å². The molecule has 1 aromatic carbocycles. The molecule has 1 aromatic rings. The van der Waals surface area contributed by atoms with Crippen molar-refractivity contribution in [1.82, 2.24) is 0 Å². The summed E-state index contributed by atoms with van der Waals surface area (Å²) in [7, 11) is 0. The molecule has 0 aliphatic heterocycles. The predicted molar refractivity (Wildman–Crippen MR) is 90.0 cm³/mol. The van der Waals surface area contributed by atoms with Gasteiger partial charge in [0.05, 0.1) is 0 Å². The molecule has 0 saturated heterocycles. The Morgan fingerprint density at radius 2 is 1.32 bits per heavy atom. The minimum absolute atomic E-state index is 0.422. The molecule has 0 spiro atoms. The van der Waals surface area contributed by atoms with Crippen LogP contribution >= 0.6 is 12.6 Å². The first-order chi connectivity index (χ1) is 9.34. The Morgan fingerprint density at radius 1 is 0.789 bits per heavy atom. The molecule has 0 aliphatic carbocycles. The van der Waals surface area contributed by atoms with Gasteiger partial charge in [-0.15, -0.1) is 0 Å². The monoisotopic (exact) mass is 278 g/mol.